The van der Waals surface area contributed by atoms with Crippen molar-refractivity contribution in [3.05, 3.63) is 0 Å². The normalized spacial score (nSPS) is 15.5. The lowest BCUT2D eigenvalue weighted by Gasteiger charge is -2.26. The molecule has 2 N–H and O–H groups in total. The number of sulfonamides is 2. The third-order valence-corrected chi connectivity index (χ3v) is 4.45. The highest BCUT2D eigenvalue weighted by Crippen LogP contribution is 2.33. The van der Waals surface area contributed by atoms with E-state index in [1.54, 1.807) is 0 Å². The van der Waals surface area contributed by atoms with Crippen molar-refractivity contribution >= 4 is 54.8 Å². The lowest BCUT2D eigenvalue weighted by Crippen LogP contribution is -2.59. The van der Waals surface area contributed by atoms with Crippen LogP contribution in [0.5, 0.6) is 0 Å². The summed E-state index contributed by atoms with van der Waals surface area (Å²) >= 11 is 14.9. The van der Waals surface area contributed by atoms with Crippen LogP contribution in [0.4, 0.5) is 26.3 Å². The van der Waals surface area contributed by atoms with Gasteiger partial charge in [-0.2, -0.15) is 35.8 Å². The molecule has 0 aromatic heterocycles. The van der Waals surface area contributed by atoms with E-state index in [-0.39, 0.29) is 0 Å². The fourth-order valence-electron chi connectivity index (χ4n) is 0.602. The van der Waals surface area contributed by atoms with Crippen LogP contribution < -0.4 is 9.44 Å². The Morgan fingerprint density at radius 1 is 0.714 bits per heavy atom. The number of hydrogen-bond donors (Lipinski definition) is 2. The first-order chi connectivity index (χ1) is 8.81. The van der Waals surface area contributed by atoms with E-state index in [1.807, 2.05) is 0 Å². The fraction of sp³-hybridized carbons (Fsp3) is 1.00. The highest BCUT2D eigenvalue weighted by molar-refractivity contribution is 7.91. The van der Waals surface area contributed by atoms with Gasteiger partial charge in [0.05, 0.1) is 0 Å². The topological polar surface area (TPSA) is 92.3 Å². The Hall–Kier alpha value is 0.270. The minimum Gasteiger partial charge on any atom is -0.203 e. The van der Waals surface area contributed by atoms with Gasteiger partial charge in [-0.05, 0) is 0 Å². The molecule has 0 amide bonds. The highest BCUT2D eigenvalue weighted by Gasteiger charge is 2.53. The van der Waals surface area contributed by atoms with Crippen molar-refractivity contribution in [1.82, 2.24) is 9.44 Å². The summed E-state index contributed by atoms with van der Waals surface area (Å²) in [4.78, 5) is 0. The van der Waals surface area contributed by atoms with Gasteiger partial charge < -0.3 is 0 Å². The number of rotatable bonds is 4. The predicted octanol–water partition coefficient (Wildman–Crippen LogP) is 1.56. The van der Waals surface area contributed by atoms with Crippen molar-refractivity contribution in [1.29, 1.82) is 0 Å². The number of nitrogens with one attached hydrogen (secondary N) is 2. The van der Waals surface area contributed by atoms with Gasteiger partial charge in [0.15, 0.2) is 0 Å². The van der Waals surface area contributed by atoms with Gasteiger partial charge >= 0.3 is 31.1 Å². The molecule has 0 radical (unpaired) electrons. The summed E-state index contributed by atoms with van der Waals surface area (Å²) in [6.07, 6.45) is -3.07. The largest absolute Gasteiger partial charge is 0.511 e. The molecule has 6 nitrogen and oxygen atoms in total. The lowest BCUT2D eigenvalue weighted by molar-refractivity contribution is -0.0459. The zero-order valence-corrected chi connectivity index (χ0v) is 12.8. The Bertz CT molecular complexity index is 533. The summed E-state index contributed by atoms with van der Waals surface area (Å²) in [5, 5.41) is 0. The second kappa shape index (κ2) is 6.05. The van der Waals surface area contributed by atoms with Gasteiger partial charge in [-0.15, -0.1) is 0 Å². The Morgan fingerprint density at radius 3 is 1.10 bits per heavy atom. The first kappa shape index (κ1) is 21.3. The van der Waals surface area contributed by atoms with Gasteiger partial charge in [0.2, 0.25) is 3.79 Å². The zero-order chi connectivity index (χ0) is 17.5. The van der Waals surface area contributed by atoms with Crippen molar-refractivity contribution in [2.24, 2.45) is 0 Å². The molecule has 0 atom stereocenters. The summed E-state index contributed by atoms with van der Waals surface area (Å²) in [7, 11) is -12.6. The minimum absolute atomic E-state index is 0.463. The van der Waals surface area contributed by atoms with Crippen molar-refractivity contribution in [2.45, 2.75) is 21.0 Å². The van der Waals surface area contributed by atoms with E-state index < -0.39 is 41.0 Å². The molecule has 0 saturated heterocycles. The van der Waals surface area contributed by atoms with Gasteiger partial charge in [0, 0.05) is 0 Å². The minimum atomic E-state index is -6.30. The molecule has 0 aromatic rings. The second-order valence-electron chi connectivity index (χ2n) is 3.11. The van der Waals surface area contributed by atoms with Crippen LogP contribution in [0.1, 0.15) is 0 Å². The first-order valence-electron chi connectivity index (χ1n) is 4.05. The van der Waals surface area contributed by atoms with Crippen molar-refractivity contribution in [3.8, 4) is 0 Å². The van der Waals surface area contributed by atoms with Crippen molar-refractivity contribution < 1.29 is 43.2 Å². The third kappa shape index (κ3) is 5.76. The molecule has 0 fully saturated rings. The molecule has 17 heteroatoms. The second-order valence-corrected chi connectivity index (χ2v) is 8.89. The lowest BCUT2D eigenvalue weighted by atomic mass is 10.6. The van der Waals surface area contributed by atoms with Gasteiger partial charge in [0.1, 0.15) is 6.17 Å². The summed E-state index contributed by atoms with van der Waals surface area (Å²) in [6, 6.07) is 0. The molecule has 128 valence electrons. The maximum absolute atomic E-state index is 12.1. The van der Waals surface area contributed by atoms with Crippen molar-refractivity contribution in [3.63, 3.8) is 0 Å². The van der Waals surface area contributed by atoms with Crippen LogP contribution in [0.3, 0.4) is 0 Å². The molecule has 0 rings (SSSR count). The van der Waals surface area contributed by atoms with Crippen LogP contribution in [-0.2, 0) is 20.0 Å². The average Bonchev–Trinajstić information content (AvgIpc) is 2.10. The number of hydrogen-bond acceptors (Lipinski definition) is 4. The molecule has 0 heterocycles. The number of alkyl halides is 9. The van der Waals surface area contributed by atoms with E-state index in [4.69, 9.17) is 34.8 Å². The quantitative estimate of drug-likeness (QED) is 0.405. The molecular weight excluding hydrogens is 425 g/mol. The summed E-state index contributed by atoms with van der Waals surface area (Å²) in [5.74, 6) is 0. The molecule has 0 aliphatic carbocycles. The maximum Gasteiger partial charge on any atom is 0.511 e. The SMILES string of the molecule is O=S(=O)(NC(NS(=O)(=O)C(F)(F)F)C(Cl)(Cl)Cl)C(F)(F)F. The summed E-state index contributed by atoms with van der Waals surface area (Å²) in [6.45, 7) is 0. The smallest absolute Gasteiger partial charge is 0.203 e. The number of halogens is 9. The molecule has 0 aliphatic rings. The van der Waals surface area contributed by atoms with Crippen LogP contribution in [0.25, 0.3) is 0 Å². The van der Waals surface area contributed by atoms with E-state index in [9.17, 15) is 43.2 Å². The maximum atomic E-state index is 12.1. The molecule has 0 saturated carbocycles. The Kier molecular flexibility index (Phi) is 6.13. The average molecular weight is 428 g/mol. The third-order valence-electron chi connectivity index (χ3n) is 1.48. The zero-order valence-electron chi connectivity index (χ0n) is 8.93. The van der Waals surface area contributed by atoms with Gasteiger partial charge in [0.25, 0.3) is 0 Å². The molecule has 21 heavy (non-hydrogen) atoms. The summed E-state index contributed by atoms with van der Waals surface area (Å²) in [5.41, 5.74) is -12.0. The van der Waals surface area contributed by atoms with Crippen LogP contribution in [0, 0.1) is 0 Å². The van der Waals surface area contributed by atoms with Crippen LogP contribution in [0.2, 0.25) is 0 Å². The Balaban J connectivity index is 5.60. The van der Waals surface area contributed by atoms with E-state index >= 15 is 0 Å². The van der Waals surface area contributed by atoms with Gasteiger partial charge in [-0.3, -0.25) is 0 Å². The first-order valence-corrected chi connectivity index (χ1v) is 8.15. The van der Waals surface area contributed by atoms with Gasteiger partial charge in [-0.25, -0.2) is 16.8 Å². The fourth-order valence-corrected chi connectivity index (χ4v) is 2.75. The Morgan fingerprint density at radius 2 is 0.952 bits per heavy atom. The monoisotopic (exact) mass is 426 g/mol. The van der Waals surface area contributed by atoms with E-state index in [0.29, 0.717) is 9.44 Å². The van der Waals surface area contributed by atoms with Crippen LogP contribution in [0.15, 0.2) is 0 Å². The van der Waals surface area contributed by atoms with E-state index in [1.165, 1.54) is 0 Å². The predicted molar refractivity (Wildman–Crippen MR) is 60.3 cm³/mol. The molecule has 0 bridgehead atoms. The van der Waals surface area contributed by atoms with Gasteiger partial charge in [-0.1, -0.05) is 34.8 Å². The van der Waals surface area contributed by atoms with Crippen molar-refractivity contribution in [2.75, 3.05) is 0 Å². The molecule has 0 aromatic carbocycles. The molecular formula is C4H3Cl3F6N2O4S2. The van der Waals surface area contributed by atoms with Crippen LogP contribution >= 0.6 is 34.8 Å². The molecule has 0 spiro atoms. The highest BCUT2D eigenvalue weighted by atomic mass is 35.6. The molecule has 0 unspecified atom stereocenters. The Labute approximate surface area is 128 Å². The molecule has 0 aliphatic heterocycles. The van der Waals surface area contributed by atoms with E-state index in [2.05, 4.69) is 0 Å². The summed E-state index contributed by atoms with van der Waals surface area (Å²) < 4.78 is 113. The van der Waals surface area contributed by atoms with Crippen LogP contribution in [-0.4, -0.2) is 37.8 Å². The van der Waals surface area contributed by atoms with E-state index in [0.717, 1.165) is 0 Å². The standard InChI is InChI=1S/C4H3Cl3F6N2O4S2/c5-2(6,7)1(14-20(16,17)3(8,9)10)15-21(18,19)4(11,12)13/h1,14-15H.